The minimum absolute atomic E-state index is 0.0802. The Labute approximate surface area is 220 Å². The standard InChI is InChI=1S/C28H29N7O3/c1-18-11-12-30-22(17-18)32-28(37)20-9-7-19(8-10-20)24-25-26(29)31-13-15-35(25)27(33-24)21-5-3-14-34(21)23(36)6-4-16-38-2/h4,6-13,15,17,21H,3,5,14,16H2,1-2H3,(H2,29,31)(H,30,32,37)/t21-/m0/s1. The van der Waals surface area contributed by atoms with E-state index in [2.05, 4.69) is 15.3 Å². The Balaban J connectivity index is 1.46. The Morgan fingerprint density at radius 2 is 2.00 bits per heavy atom. The summed E-state index contributed by atoms with van der Waals surface area (Å²) in [5.41, 5.74) is 9.90. The van der Waals surface area contributed by atoms with Crippen LogP contribution < -0.4 is 11.1 Å². The average Bonchev–Trinajstić information content (AvgIpc) is 3.55. The van der Waals surface area contributed by atoms with E-state index in [1.807, 2.05) is 46.7 Å². The van der Waals surface area contributed by atoms with Crippen LogP contribution in [0.15, 0.2) is 67.1 Å². The van der Waals surface area contributed by atoms with E-state index < -0.39 is 0 Å². The number of carbonyl (C=O) groups excluding carboxylic acids is 2. The second-order valence-corrected chi connectivity index (χ2v) is 9.15. The predicted molar refractivity (Wildman–Crippen MR) is 144 cm³/mol. The summed E-state index contributed by atoms with van der Waals surface area (Å²) in [4.78, 5) is 40.9. The van der Waals surface area contributed by atoms with Crippen LogP contribution in [0.1, 0.15) is 40.6 Å². The summed E-state index contributed by atoms with van der Waals surface area (Å²) in [5.74, 6) is 1.22. The third-order valence-corrected chi connectivity index (χ3v) is 6.55. The molecule has 4 heterocycles. The number of nitrogens with zero attached hydrogens (tertiary/aromatic N) is 5. The fraction of sp³-hybridized carbons (Fsp3) is 0.250. The molecule has 0 radical (unpaired) electrons. The smallest absolute Gasteiger partial charge is 0.256 e. The molecule has 0 saturated carbocycles. The van der Waals surface area contributed by atoms with E-state index in [1.54, 1.807) is 43.8 Å². The quantitative estimate of drug-likeness (QED) is 0.361. The maximum Gasteiger partial charge on any atom is 0.256 e. The van der Waals surface area contributed by atoms with Gasteiger partial charge in [-0.3, -0.25) is 14.0 Å². The van der Waals surface area contributed by atoms with Gasteiger partial charge >= 0.3 is 0 Å². The molecule has 2 amide bonds. The molecule has 1 aromatic carbocycles. The number of methoxy groups -OCH3 is 1. The monoisotopic (exact) mass is 511 g/mol. The number of rotatable bonds is 7. The van der Waals surface area contributed by atoms with Crippen molar-refractivity contribution < 1.29 is 14.3 Å². The van der Waals surface area contributed by atoms with Crippen LogP contribution in [0, 0.1) is 6.92 Å². The second-order valence-electron chi connectivity index (χ2n) is 9.15. The summed E-state index contributed by atoms with van der Waals surface area (Å²) in [6, 6.07) is 10.6. The highest BCUT2D eigenvalue weighted by atomic mass is 16.5. The Bertz CT molecular complexity index is 1510. The normalized spacial score (nSPS) is 15.4. The van der Waals surface area contributed by atoms with Crippen LogP contribution >= 0.6 is 0 Å². The number of carbonyl (C=O) groups is 2. The molecule has 0 spiro atoms. The van der Waals surface area contributed by atoms with Gasteiger partial charge in [0.1, 0.15) is 28.7 Å². The van der Waals surface area contributed by atoms with Crippen molar-refractivity contribution in [2.75, 3.05) is 31.3 Å². The van der Waals surface area contributed by atoms with E-state index >= 15 is 0 Å². The van der Waals surface area contributed by atoms with Gasteiger partial charge in [0.2, 0.25) is 5.91 Å². The summed E-state index contributed by atoms with van der Waals surface area (Å²) >= 11 is 0. The van der Waals surface area contributed by atoms with Crippen LogP contribution in [0.5, 0.6) is 0 Å². The molecule has 1 atom stereocenters. The lowest BCUT2D eigenvalue weighted by Gasteiger charge is -2.22. The van der Waals surface area contributed by atoms with Crippen molar-refractivity contribution in [3.8, 4) is 11.3 Å². The number of fused-ring (bicyclic) bond motifs is 1. The first-order valence-electron chi connectivity index (χ1n) is 12.4. The lowest BCUT2D eigenvalue weighted by atomic mass is 10.1. The summed E-state index contributed by atoms with van der Waals surface area (Å²) < 4.78 is 6.94. The van der Waals surface area contributed by atoms with Gasteiger partial charge < -0.3 is 20.7 Å². The molecule has 38 heavy (non-hydrogen) atoms. The molecular formula is C28H29N7O3. The molecule has 194 valence electrons. The van der Waals surface area contributed by atoms with Crippen molar-refractivity contribution in [1.29, 1.82) is 0 Å². The highest BCUT2D eigenvalue weighted by Crippen LogP contribution is 2.36. The van der Waals surface area contributed by atoms with Crippen molar-refractivity contribution in [3.63, 3.8) is 0 Å². The van der Waals surface area contributed by atoms with Gasteiger partial charge in [0.15, 0.2) is 0 Å². The number of benzene rings is 1. The fourth-order valence-corrected chi connectivity index (χ4v) is 4.74. The third kappa shape index (κ3) is 4.98. The highest BCUT2D eigenvalue weighted by molar-refractivity contribution is 6.04. The highest BCUT2D eigenvalue weighted by Gasteiger charge is 2.33. The molecule has 10 nitrogen and oxygen atoms in total. The minimum atomic E-state index is -0.257. The number of aromatic nitrogens is 4. The summed E-state index contributed by atoms with van der Waals surface area (Å²) in [5, 5.41) is 2.82. The molecule has 3 N–H and O–H groups in total. The van der Waals surface area contributed by atoms with Gasteiger partial charge in [-0.05, 0) is 49.6 Å². The number of nitrogens with one attached hydrogen (secondary N) is 1. The number of nitrogens with two attached hydrogens (primary N) is 1. The largest absolute Gasteiger partial charge is 0.382 e. The average molecular weight is 512 g/mol. The van der Waals surface area contributed by atoms with Crippen LogP contribution in [0.25, 0.3) is 16.8 Å². The van der Waals surface area contributed by atoms with Gasteiger partial charge in [-0.15, -0.1) is 0 Å². The number of likely N-dealkylation sites (tertiary alicyclic amines) is 1. The summed E-state index contributed by atoms with van der Waals surface area (Å²) in [6.07, 6.45) is 10.0. The third-order valence-electron chi connectivity index (χ3n) is 6.55. The fourth-order valence-electron chi connectivity index (χ4n) is 4.74. The van der Waals surface area contributed by atoms with Gasteiger partial charge in [-0.2, -0.15) is 0 Å². The van der Waals surface area contributed by atoms with Crippen LogP contribution in [-0.2, 0) is 9.53 Å². The molecular weight excluding hydrogens is 482 g/mol. The van der Waals surface area contributed by atoms with E-state index in [4.69, 9.17) is 15.5 Å². The Hall–Kier alpha value is -4.57. The first-order valence-corrected chi connectivity index (χ1v) is 12.4. The van der Waals surface area contributed by atoms with Crippen LogP contribution in [0.4, 0.5) is 11.6 Å². The van der Waals surface area contributed by atoms with E-state index in [1.165, 1.54) is 0 Å². The number of amides is 2. The van der Waals surface area contributed by atoms with E-state index in [0.717, 1.165) is 29.8 Å². The predicted octanol–water partition coefficient (Wildman–Crippen LogP) is 3.80. The van der Waals surface area contributed by atoms with Crippen molar-refractivity contribution in [2.45, 2.75) is 25.8 Å². The summed E-state index contributed by atoms with van der Waals surface area (Å²) in [7, 11) is 1.59. The van der Waals surface area contributed by atoms with Gasteiger partial charge in [0.05, 0.1) is 12.6 Å². The van der Waals surface area contributed by atoms with E-state index in [0.29, 0.717) is 41.6 Å². The number of ether oxygens (including phenoxy) is 1. The molecule has 10 heteroatoms. The lowest BCUT2D eigenvalue weighted by Crippen LogP contribution is -2.30. The molecule has 5 rings (SSSR count). The first kappa shape index (κ1) is 25.1. The molecule has 4 aromatic rings. The number of imidazole rings is 1. The molecule has 1 aliphatic rings. The van der Waals surface area contributed by atoms with Gasteiger partial charge in [-0.1, -0.05) is 18.2 Å². The zero-order valence-corrected chi connectivity index (χ0v) is 21.3. The van der Waals surface area contributed by atoms with Crippen molar-refractivity contribution in [2.24, 2.45) is 0 Å². The topological polar surface area (TPSA) is 128 Å². The van der Waals surface area contributed by atoms with Crippen LogP contribution in [-0.4, -0.2) is 56.3 Å². The molecule has 0 unspecified atom stereocenters. The van der Waals surface area contributed by atoms with Crippen LogP contribution in [0.3, 0.4) is 0 Å². The maximum atomic E-state index is 12.9. The molecule has 1 saturated heterocycles. The number of nitrogen functional groups attached to an aromatic ring is 1. The first-order chi connectivity index (χ1) is 18.5. The van der Waals surface area contributed by atoms with Gasteiger partial charge in [0.25, 0.3) is 5.91 Å². The molecule has 0 bridgehead atoms. The number of aryl methyl sites for hydroxylation is 1. The molecule has 1 aliphatic heterocycles. The van der Waals surface area contributed by atoms with Crippen molar-refractivity contribution in [3.05, 3.63) is 84.1 Å². The molecule has 3 aromatic heterocycles. The SMILES string of the molecule is COCC=CC(=O)N1CCC[C@H]1c1nc(-c2ccc(C(=O)Nc3cc(C)ccn3)cc2)c2c(N)nccn12. The maximum absolute atomic E-state index is 12.9. The number of anilines is 2. The lowest BCUT2D eigenvalue weighted by molar-refractivity contribution is -0.127. The number of pyridine rings is 1. The van der Waals surface area contributed by atoms with Crippen LogP contribution in [0.2, 0.25) is 0 Å². The molecule has 0 aliphatic carbocycles. The Morgan fingerprint density at radius 3 is 2.76 bits per heavy atom. The van der Waals surface area contributed by atoms with Crippen molar-refractivity contribution in [1.82, 2.24) is 24.3 Å². The van der Waals surface area contributed by atoms with E-state index in [-0.39, 0.29) is 17.9 Å². The number of hydrogen-bond donors (Lipinski definition) is 2. The molecule has 1 fully saturated rings. The summed E-state index contributed by atoms with van der Waals surface area (Å²) in [6.45, 7) is 2.96. The van der Waals surface area contributed by atoms with Crippen molar-refractivity contribution >= 4 is 29.0 Å². The minimum Gasteiger partial charge on any atom is -0.382 e. The van der Waals surface area contributed by atoms with Gasteiger partial charge in [-0.25, -0.2) is 15.0 Å². The Kier molecular flexibility index (Phi) is 7.14. The zero-order valence-electron chi connectivity index (χ0n) is 21.3. The second kappa shape index (κ2) is 10.8. The van der Waals surface area contributed by atoms with Gasteiger partial charge in [0, 0.05) is 49.4 Å². The Morgan fingerprint density at radius 1 is 1.18 bits per heavy atom. The van der Waals surface area contributed by atoms with E-state index in [9.17, 15) is 9.59 Å². The number of hydrogen-bond acceptors (Lipinski definition) is 7. The zero-order chi connectivity index (χ0) is 26.6.